The molecular formula is C18H19NO3S. The highest BCUT2D eigenvalue weighted by Gasteiger charge is 2.14. The summed E-state index contributed by atoms with van der Waals surface area (Å²) in [6.07, 6.45) is 0. The number of ether oxygens (including phenoxy) is 1. The maximum Gasteiger partial charge on any atom is 0.337 e. The lowest BCUT2D eigenvalue weighted by Gasteiger charge is -2.12. The molecule has 0 heterocycles. The molecule has 0 radical (unpaired) electrons. The summed E-state index contributed by atoms with van der Waals surface area (Å²) in [5.41, 5.74) is 2.18. The second kappa shape index (κ2) is 8.39. The van der Waals surface area contributed by atoms with Gasteiger partial charge in [0, 0.05) is 11.4 Å². The van der Waals surface area contributed by atoms with Gasteiger partial charge in [-0.15, -0.1) is 11.8 Å². The molecule has 0 unspecified atom stereocenters. The number of thioether (sulfide) groups is 1. The van der Waals surface area contributed by atoms with E-state index in [-0.39, 0.29) is 11.2 Å². The van der Waals surface area contributed by atoms with Crippen LogP contribution in [0.3, 0.4) is 0 Å². The lowest BCUT2D eigenvalue weighted by atomic mass is 10.2. The molecule has 1 atom stereocenters. The van der Waals surface area contributed by atoms with Gasteiger partial charge in [-0.25, -0.2) is 4.79 Å². The summed E-state index contributed by atoms with van der Waals surface area (Å²) < 4.78 is 4.68. The molecule has 0 aliphatic heterocycles. The van der Waals surface area contributed by atoms with Crippen molar-refractivity contribution >= 4 is 29.3 Å². The molecule has 120 valence electrons. The number of rotatable bonds is 6. The summed E-state index contributed by atoms with van der Waals surface area (Å²) in [5, 5.41) is 2.63. The van der Waals surface area contributed by atoms with Gasteiger partial charge in [0.25, 0.3) is 0 Å². The number of carbonyl (C=O) groups excluding carboxylic acids is 2. The molecule has 2 aromatic carbocycles. The molecule has 0 aromatic heterocycles. The molecule has 23 heavy (non-hydrogen) atoms. The quantitative estimate of drug-likeness (QED) is 0.820. The van der Waals surface area contributed by atoms with E-state index >= 15 is 0 Å². The lowest BCUT2D eigenvalue weighted by molar-refractivity contribution is -0.115. The number of carbonyl (C=O) groups is 2. The van der Waals surface area contributed by atoms with Crippen LogP contribution in [0.2, 0.25) is 0 Å². The minimum absolute atomic E-state index is 0.0899. The lowest BCUT2D eigenvalue weighted by Crippen LogP contribution is -2.22. The van der Waals surface area contributed by atoms with Crippen molar-refractivity contribution in [2.45, 2.75) is 17.9 Å². The van der Waals surface area contributed by atoms with Crippen LogP contribution in [0.25, 0.3) is 0 Å². The van der Waals surface area contributed by atoms with E-state index < -0.39 is 5.97 Å². The first-order valence-electron chi connectivity index (χ1n) is 7.25. The fraction of sp³-hybridized carbons (Fsp3) is 0.222. The standard InChI is InChI=1S/C18H19NO3S/c1-13(23-12-14-7-4-3-5-8-14)17(20)19-16-10-6-9-15(11-16)18(21)22-2/h3-11,13H,12H2,1-2H3,(H,19,20)/t13-/m0/s1. The summed E-state index contributed by atoms with van der Waals surface area (Å²) in [4.78, 5) is 23.7. The van der Waals surface area contributed by atoms with E-state index in [4.69, 9.17) is 0 Å². The van der Waals surface area contributed by atoms with Gasteiger partial charge in [0.05, 0.1) is 17.9 Å². The number of hydrogen-bond donors (Lipinski definition) is 1. The Morgan fingerprint density at radius 2 is 1.87 bits per heavy atom. The normalized spacial score (nSPS) is 11.6. The second-order valence-electron chi connectivity index (χ2n) is 5.00. The zero-order valence-corrected chi connectivity index (χ0v) is 13.9. The van der Waals surface area contributed by atoms with Crippen molar-refractivity contribution in [1.29, 1.82) is 0 Å². The van der Waals surface area contributed by atoms with Crippen LogP contribution in [-0.4, -0.2) is 24.2 Å². The zero-order valence-electron chi connectivity index (χ0n) is 13.1. The van der Waals surface area contributed by atoms with E-state index in [0.29, 0.717) is 11.3 Å². The Kier molecular flexibility index (Phi) is 6.23. The molecule has 0 aliphatic rings. The first-order chi connectivity index (χ1) is 11.1. The van der Waals surface area contributed by atoms with E-state index in [2.05, 4.69) is 10.1 Å². The molecule has 1 N–H and O–H groups in total. The Labute approximate surface area is 140 Å². The Bertz CT molecular complexity index is 673. The minimum atomic E-state index is -0.424. The Balaban J connectivity index is 1.92. The average molecular weight is 329 g/mol. The van der Waals surface area contributed by atoms with Crippen molar-refractivity contribution in [2.24, 2.45) is 0 Å². The predicted molar refractivity (Wildman–Crippen MR) is 93.6 cm³/mol. The van der Waals surface area contributed by atoms with Gasteiger partial charge in [0.2, 0.25) is 5.91 Å². The molecular weight excluding hydrogens is 310 g/mol. The average Bonchev–Trinajstić information content (AvgIpc) is 2.60. The largest absolute Gasteiger partial charge is 0.465 e. The second-order valence-corrected chi connectivity index (χ2v) is 6.33. The molecule has 0 aliphatic carbocycles. The molecule has 1 amide bonds. The van der Waals surface area contributed by atoms with Crippen molar-refractivity contribution in [1.82, 2.24) is 0 Å². The van der Waals surface area contributed by atoms with Crippen molar-refractivity contribution in [3.05, 3.63) is 65.7 Å². The Morgan fingerprint density at radius 3 is 2.57 bits per heavy atom. The van der Waals surface area contributed by atoms with Gasteiger partial charge in [0.15, 0.2) is 0 Å². The van der Waals surface area contributed by atoms with Crippen LogP contribution in [0.4, 0.5) is 5.69 Å². The van der Waals surface area contributed by atoms with E-state index in [1.807, 2.05) is 37.3 Å². The highest BCUT2D eigenvalue weighted by atomic mass is 32.2. The molecule has 0 fully saturated rings. The maximum atomic E-state index is 12.2. The summed E-state index contributed by atoms with van der Waals surface area (Å²) in [6.45, 7) is 1.87. The third kappa shape index (κ3) is 5.14. The van der Waals surface area contributed by atoms with Crippen LogP contribution in [0.15, 0.2) is 54.6 Å². The van der Waals surface area contributed by atoms with Crippen molar-refractivity contribution in [2.75, 3.05) is 12.4 Å². The number of hydrogen-bond acceptors (Lipinski definition) is 4. The van der Waals surface area contributed by atoms with Gasteiger partial charge >= 0.3 is 5.97 Å². The molecule has 0 bridgehead atoms. The van der Waals surface area contributed by atoms with Gasteiger partial charge in [-0.2, -0.15) is 0 Å². The summed E-state index contributed by atoms with van der Waals surface area (Å²) in [5.74, 6) is 0.262. The van der Waals surface area contributed by atoms with Crippen LogP contribution in [-0.2, 0) is 15.3 Å². The van der Waals surface area contributed by atoms with Crippen LogP contribution in [0.5, 0.6) is 0 Å². The van der Waals surface area contributed by atoms with Crippen LogP contribution in [0, 0.1) is 0 Å². The SMILES string of the molecule is COC(=O)c1cccc(NC(=O)[C@H](C)SCc2ccccc2)c1. The van der Waals surface area contributed by atoms with E-state index in [1.54, 1.807) is 36.0 Å². The van der Waals surface area contributed by atoms with E-state index in [9.17, 15) is 9.59 Å². The van der Waals surface area contributed by atoms with Gasteiger partial charge in [-0.1, -0.05) is 36.4 Å². The third-order valence-corrected chi connectivity index (χ3v) is 4.48. The van der Waals surface area contributed by atoms with Crippen LogP contribution in [0.1, 0.15) is 22.8 Å². The first kappa shape index (κ1) is 17.1. The molecule has 4 nitrogen and oxygen atoms in total. The van der Waals surface area contributed by atoms with Gasteiger partial charge in [-0.3, -0.25) is 4.79 Å². The zero-order chi connectivity index (χ0) is 16.7. The molecule has 0 saturated carbocycles. The number of methoxy groups -OCH3 is 1. The molecule has 2 rings (SSSR count). The fourth-order valence-electron chi connectivity index (χ4n) is 1.96. The molecule has 0 spiro atoms. The minimum Gasteiger partial charge on any atom is -0.465 e. The number of amides is 1. The number of esters is 1. The summed E-state index contributed by atoms with van der Waals surface area (Å²) >= 11 is 1.57. The molecule has 5 heteroatoms. The monoisotopic (exact) mass is 329 g/mol. The van der Waals surface area contributed by atoms with Gasteiger partial charge in [0.1, 0.15) is 0 Å². The highest BCUT2D eigenvalue weighted by molar-refractivity contribution is 7.99. The topological polar surface area (TPSA) is 55.4 Å². The molecule has 2 aromatic rings. The van der Waals surface area contributed by atoms with Crippen LogP contribution >= 0.6 is 11.8 Å². The van der Waals surface area contributed by atoms with Crippen molar-refractivity contribution in [3.63, 3.8) is 0 Å². The third-order valence-electron chi connectivity index (χ3n) is 3.26. The fourth-order valence-corrected chi connectivity index (χ4v) is 2.80. The van der Waals surface area contributed by atoms with Crippen molar-refractivity contribution in [3.8, 4) is 0 Å². The van der Waals surface area contributed by atoms with Gasteiger partial charge < -0.3 is 10.1 Å². The van der Waals surface area contributed by atoms with E-state index in [0.717, 1.165) is 5.75 Å². The molecule has 0 saturated heterocycles. The first-order valence-corrected chi connectivity index (χ1v) is 8.30. The number of benzene rings is 2. The van der Waals surface area contributed by atoms with Crippen molar-refractivity contribution < 1.29 is 14.3 Å². The summed E-state index contributed by atoms with van der Waals surface area (Å²) in [6, 6.07) is 16.7. The maximum absolute atomic E-state index is 12.2. The highest BCUT2D eigenvalue weighted by Crippen LogP contribution is 2.19. The summed E-state index contributed by atoms with van der Waals surface area (Å²) in [7, 11) is 1.33. The number of nitrogens with one attached hydrogen (secondary N) is 1. The number of anilines is 1. The van der Waals surface area contributed by atoms with E-state index in [1.165, 1.54) is 12.7 Å². The van der Waals surface area contributed by atoms with Crippen LogP contribution < -0.4 is 5.32 Å². The smallest absolute Gasteiger partial charge is 0.337 e. The van der Waals surface area contributed by atoms with Gasteiger partial charge in [-0.05, 0) is 30.7 Å². The Morgan fingerprint density at radius 1 is 1.13 bits per heavy atom. The predicted octanol–water partition coefficient (Wildman–Crippen LogP) is 3.73. The Hall–Kier alpha value is -2.27.